The van der Waals surface area contributed by atoms with Gasteiger partial charge in [0.15, 0.2) is 5.76 Å². The summed E-state index contributed by atoms with van der Waals surface area (Å²) in [5.41, 5.74) is 1.44. The Morgan fingerprint density at radius 2 is 2.16 bits per heavy atom. The van der Waals surface area contributed by atoms with Crippen molar-refractivity contribution in [3.63, 3.8) is 0 Å². The van der Waals surface area contributed by atoms with Gasteiger partial charge in [-0.05, 0) is 37.6 Å². The number of hydrogen-bond donors (Lipinski definition) is 1. The first-order valence-corrected chi connectivity index (χ1v) is 7.36. The van der Waals surface area contributed by atoms with Crippen molar-refractivity contribution in [1.29, 1.82) is 0 Å². The Kier molecular flexibility index (Phi) is 4.99. The van der Waals surface area contributed by atoms with Crippen LogP contribution in [0, 0.1) is 5.41 Å². The SMILES string of the molecule is CCNCc1cc(COC2CCC(C)(C)CC2)on1. The van der Waals surface area contributed by atoms with Crippen LogP contribution in [0.3, 0.4) is 0 Å². The fraction of sp³-hybridized carbons (Fsp3) is 0.800. The van der Waals surface area contributed by atoms with E-state index in [4.69, 9.17) is 9.26 Å². The Labute approximate surface area is 115 Å². The average molecular weight is 266 g/mol. The molecule has 0 aliphatic heterocycles. The van der Waals surface area contributed by atoms with Gasteiger partial charge >= 0.3 is 0 Å². The van der Waals surface area contributed by atoms with E-state index in [1.165, 1.54) is 12.8 Å². The smallest absolute Gasteiger partial charge is 0.162 e. The molecule has 0 unspecified atom stereocenters. The number of rotatable bonds is 6. The Balaban J connectivity index is 1.72. The van der Waals surface area contributed by atoms with E-state index in [-0.39, 0.29) is 0 Å². The van der Waals surface area contributed by atoms with Crippen molar-refractivity contribution in [3.8, 4) is 0 Å². The predicted octanol–water partition coefficient (Wildman–Crippen LogP) is 3.27. The van der Waals surface area contributed by atoms with Crippen LogP contribution in [-0.4, -0.2) is 17.8 Å². The largest absolute Gasteiger partial charge is 0.370 e. The molecule has 0 amide bonds. The van der Waals surface area contributed by atoms with E-state index in [1.807, 2.05) is 6.07 Å². The van der Waals surface area contributed by atoms with Gasteiger partial charge in [0.2, 0.25) is 0 Å². The first kappa shape index (κ1) is 14.5. The van der Waals surface area contributed by atoms with Crippen LogP contribution in [0.1, 0.15) is 57.9 Å². The highest BCUT2D eigenvalue weighted by atomic mass is 16.5. The van der Waals surface area contributed by atoms with Crippen molar-refractivity contribution in [1.82, 2.24) is 10.5 Å². The van der Waals surface area contributed by atoms with Crippen molar-refractivity contribution < 1.29 is 9.26 Å². The Morgan fingerprint density at radius 1 is 1.42 bits per heavy atom. The summed E-state index contributed by atoms with van der Waals surface area (Å²) in [6.45, 7) is 9.01. The van der Waals surface area contributed by atoms with Gasteiger partial charge < -0.3 is 14.6 Å². The van der Waals surface area contributed by atoms with E-state index in [0.29, 0.717) is 18.1 Å². The molecule has 0 atom stereocenters. The highest BCUT2D eigenvalue weighted by Gasteiger charge is 2.27. The summed E-state index contributed by atoms with van der Waals surface area (Å²) in [6, 6.07) is 1.98. The summed E-state index contributed by atoms with van der Waals surface area (Å²) in [7, 11) is 0. The van der Waals surface area contributed by atoms with Crippen LogP contribution in [0.15, 0.2) is 10.6 Å². The molecule has 0 bridgehead atoms. The zero-order valence-corrected chi connectivity index (χ0v) is 12.4. The first-order chi connectivity index (χ1) is 9.09. The topological polar surface area (TPSA) is 47.3 Å². The minimum atomic E-state index is 0.385. The molecule has 1 N–H and O–H groups in total. The van der Waals surface area contributed by atoms with E-state index in [2.05, 4.69) is 31.2 Å². The molecule has 1 heterocycles. The lowest BCUT2D eigenvalue weighted by Gasteiger charge is -2.33. The Hall–Kier alpha value is -0.870. The van der Waals surface area contributed by atoms with Crippen molar-refractivity contribution in [3.05, 3.63) is 17.5 Å². The fourth-order valence-corrected chi connectivity index (χ4v) is 2.50. The van der Waals surface area contributed by atoms with Crippen molar-refractivity contribution in [2.75, 3.05) is 6.54 Å². The summed E-state index contributed by atoms with van der Waals surface area (Å²) in [5.74, 6) is 0.831. The minimum absolute atomic E-state index is 0.385. The molecular weight excluding hydrogens is 240 g/mol. The van der Waals surface area contributed by atoms with Gasteiger partial charge in [-0.25, -0.2) is 0 Å². The third-order valence-corrected chi connectivity index (χ3v) is 3.91. The van der Waals surface area contributed by atoms with E-state index >= 15 is 0 Å². The third-order valence-electron chi connectivity index (χ3n) is 3.91. The lowest BCUT2D eigenvalue weighted by Crippen LogP contribution is -2.26. The molecule has 1 aromatic heterocycles. The van der Waals surface area contributed by atoms with Gasteiger partial charge in [0.25, 0.3) is 0 Å². The number of nitrogens with zero attached hydrogens (tertiary/aromatic N) is 1. The molecule has 0 spiro atoms. The third kappa shape index (κ3) is 4.62. The average Bonchev–Trinajstić information content (AvgIpc) is 2.83. The lowest BCUT2D eigenvalue weighted by atomic mass is 9.76. The zero-order chi connectivity index (χ0) is 13.7. The second kappa shape index (κ2) is 6.53. The minimum Gasteiger partial charge on any atom is -0.370 e. The second-order valence-electron chi connectivity index (χ2n) is 6.24. The van der Waals surface area contributed by atoms with Crippen molar-refractivity contribution in [2.24, 2.45) is 5.41 Å². The van der Waals surface area contributed by atoms with Crippen molar-refractivity contribution >= 4 is 0 Å². The highest BCUT2D eigenvalue weighted by Crippen LogP contribution is 2.36. The number of ether oxygens (including phenoxy) is 1. The lowest BCUT2D eigenvalue weighted by molar-refractivity contribution is -0.0136. The molecule has 4 heteroatoms. The molecule has 0 saturated heterocycles. The van der Waals surface area contributed by atoms with Crippen molar-refractivity contribution in [2.45, 2.75) is 65.7 Å². The quantitative estimate of drug-likeness (QED) is 0.858. The molecule has 1 fully saturated rings. The molecule has 1 aromatic rings. The van der Waals surface area contributed by atoms with Gasteiger partial charge in [0.1, 0.15) is 6.61 Å². The summed E-state index contributed by atoms with van der Waals surface area (Å²) >= 11 is 0. The van der Waals surface area contributed by atoms with Gasteiger partial charge in [-0.1, -0.05) is 25.9 Å². The van der Waals surface area contributed by atoms with Gasteiger partial charge in [-0.15, -0.1) is 0 Å². The highest BCUT2D eigenvalue weighted by molar-refractivity contribution is 5.04. The van der Waals surface area contributed by atoms with E-state index in [1.54, 1.807) is 0 Å². The van der Waals surface area contributed by atoms with Gasteiger partial charge in [0, 0.05) is 12.6 Å². The normalized spacial score (nSPS) is 19.7. The maximum Gasteiger partial charge on any atom is 0.162 e. The molecule has 1 aliphatic rings. The molecule has 1 aliphatic carbocycles. The molecule has 0 radical (unpaired) electrons. The second-order valence-corrected chi connectivity index (χ2v) is 6.24. The maximum absolute atomic E-state index is 5.93. The van der Waals surface area contributed by atoms with Crippen LogP contribution >= 0.6 is 0 Å². The molecule has 19 heavy (non-hydrogen) atoms. The predicted molar refractivity (Wildman–Crippen MR) is 74.7 cm³/mol. The summed E-state index contributed by atoms with van der Waals surface area (Å²) in [6.07, 6.45) is 5.20. The fourth-order valence-electron chi connectivity index (χ4n) is 2.50. The van der Waals surface area contributed by atoms with Gasteiger partial charge in [-0.2, -0.15) is 0 Å². The van der Waals surface area contributed by atoms with Gasteiger partial charge in [-0.3, -0.25) is 0 Å². The van der Waals surface area contributed by atoms with Crippen LogP contribution in [0.2, 0.25) is 0 Å². The van der Waals surface area contributed by atoms with Crippen LogP contribution < -0.4 is 5.32 Å². The van der Waals surface area contributed by atoms with E-state index in [0.717, 1.165) is 37.4 Å². The van der Waals surface area contributed by atoms with Crippen LogP contribution in [0.5, 0.6) is 0 Å². The number of hydrogen-bond acceptors (Lipinski definition) is 4. The molecule has 2 rings (SSSR count). The van der Waals surface area contributed by atoms with Gasteiger partial charge in [0.05, 0.1) is 11.8 Å². The first-order valence-electron chi connectivity index (χ1n) is 7.36. The van der Waals surface area contributed by atoms with Crippen LogP contribution in [0.4, 0.5) is 0 Å². The molecule has 108 valence electrons. The molecule has 4 nitrogen and oxygen atoms in total. The number of nitrogens with one attached hydrogen (secondary N) is 1. The Morgan fingerprint density at radius 3 is 2.84 bits per heavy atom. The zero-order valence-electron chi connectivity index (χ0n) is 12.4. The summed E-state index contributed by atoms with van der Waals surface area (Å²) in [5, 5.41) is 7.25. The number of aromatic nitrogens is 1. The summed E-state index contributed by atoms with van der Waals surface area (Å²) in [4.78, 5) is 0. The standard InChI is InChI=1S/C15H26N2O2/c1-4-16-10-12-9-14(19-17-12)11-18-13-5-7-15(2,3)8-6-13/h9,13,16H,4-8,10-11H2,1-3H3. The molecule has 1 saturated carbocycles. The maximum atomic E-state index is 5.93. The van der Waals surface area contributed by atoms with Crippen LogP contribution in [-0.2, 0) is 17.9 Å². The Bertz CT molecular complexity index is 377. The summed E-state index contributed by atoms with van der Waals surface area (Å²) < 4.78 is 11.2. The molecular formula is C15H26N2O2. The van der Waals surface area contributed by atoms with E-state index < -0.39 is 0 Å². The molecule has 0 aromatic carbocycles. The van der Waals surface area contributed by atoms with E-state index in [9.17, 15) is 0 Å². The van der Waals surface area contributed by atoms with Crippen LogP contribution in [0.25, 0.3) is 0 Å². The monoisotopic (exact) mass is 266 g/mol.